The van der Waals surface area contributed by atoms with E-state index < -0.39 is 17.6 Å². The maximum absolute atomic E-state index is 12.5. The first-order chi connectivity index (χ1) is 9.40. The lowest BCUT2D eigenvalue weighted by atomic mass is 10.1. The minimum atomic E-state index is -4.50. The molecule has 1 saturated carbocycles. The molecule has 110 valence electrons. The number of hydrogen-bond acceptors (Lipinski definition) is 3. The molecule has 0 spiro atoms. The molecule has 1 aromatic heterocycles. The number of nitrogens with zero attached hydrogens (tertiary/aromatic N) is 1. The van der Waals surface area contributed by atoms with Crippen LogP contribution < -0.4 is 11.1 Å². The summed E-state index contributed by atoms with van der Waals surface area (Å²) in [4.78, 5) is 15.4. The van der Waals surface area contributed by atoms with E-state index in [1.807, 2.05) is 0 Å². The molecule has 2 atom stereocenters. The highest BCUT2D eigenvalue weighted by Crippen LogP contribution is 2.29. The van der Waals surface area contributed by atoms with Gasteiger partial charge in [-0.2, -0.15) is 13.2 Å². The van der Waals surface area contributed by atoms with Crippen LogP contribution in [0.2, 0.25) is 0 Å². The third-order valence-electron chi connectivity index (χ3n) is 3.54. The summed E-state index contributed by atoms with van der Waals surface area (Å²) >= 11 is 0. The number of alkyl halides is 3. The Morgan fingerprint density at radius 1 is 1.40 bits per heavy atom. The number of rotatable bonds is 3. The normalized spacial score (nSPS) is 22.8. The summed E-state index contributed by atoms with van der Waals surface area (Å²) in [7, 11) is 0. The second kappa shape index (κ2) is 5.78. The number of nitrogens with one attached hydrogen (secondary N) is 1. The summed E-state index contributed by atoms with van der Waals surface area (Å²) in [6.45, 7) is 0.567. The lowest BCUT2D eigenvalue weighted by Gasteiger charge is -2.13. The molecule has 20 heavy (non-hydrogen) atoms. The summed E-state index contributed by atoms with van der Waals surface area (Å²) in [6.07, 6.45) is -0.144. The van der Waals surface area contributed by atoms with Crippen LogP contribution in [-0.2, 0) is 6.18 Å². The molecular weight excluding hydrogens is 271 g/mol. The highest BCUT2D eigenvalue weighted by atomic mass is 19.4. The number of pyridine rings is 1. The predicted molar refractivity (Wildman–Crippen MR) is 66.9 cm³/mol. The molecular formula is C13H16F3N3O. The average Bonchev–Trinajstić information content (AvgIpc) is 2.85. The molecule has 0 saturated heterocycles. The van der Waals surface area contributed by atoms with Gasteiger partial charge in [0.25, 0.3) is 5.91 Å². The van der Waals surface area contributed by atoms with Crippen molar-refractivity contribution in [3.05, 3.63) is 29.6 Å². The van der Waals surface area contributed by atoms with Gasteiger partial charge >= 0.3 is 6.18 Å². The summed E-state index contributed by atoms with van der Waals surface area (Å²) in [5, 5.41) is 2.74. The Balaban J connectivity index is 2.03. The van der Waals surface area contributed by atoms with Gasteiger partial charge in [0.2, 0.25) is 0 Å². The highest BCUT2D eigenvalue weighted by molar-refractivity contribution is 5.94. The molecule has 0 aliphatic heterocycles. The van der Waals surface area contributed by atoms with Gasteiger partial charge in [0.05, 0.1) is 11.1 Å². The lowest BCUT2D eigenvalue weighted by Crippen LogP contribution is -2.33. The van der Waals surface area contributed by atoms with Crippen molar-refractivity contribution in [2.45, 2.75) is 31.5 Å². The molecule has 1 amide bonds. The molecule has 0 radical (unpaired) electrons. The summed E-state index contributed by atoms with van der Waals surface area (Å²) in [5.74, 6) is -0.147. The molecule has 1 heterocycles. The van der Waals surface area contributed by atoms with Gasteiger partial charge in [0.15, 0.2) is 0 Å². The van der Waals surface area contributed by atoms with E-state index in [2.05, 4.69) is 10.3 Å². The van der Waals surface area contributed by atoms with Crippen molar-refractivity contribution in [3.63, 3.8) is 0 Å². The van der Waals surface area contributed by atoms with E-state index in [-0.39, 0.29) is 11.6 Å². The third-order valence-corrected chi connectivity index (χ3v) is 3.54. The molecule has 4 nitrogen and oxygen atoms in total. The van der Waals surface area contributed by atoms with Crippen LogP contribution in [0.15, 0.2) is 18.5 Å². The van der Waals surface area contributed by atoms with Gasteiger partial charge in [0.1, 0.15) is 0 Å². The molecule has 7 heteroatoms. The van der Waals surface area contributed by atoms with E-state index in [0.717, 1.165) is 31.5 Å². The Bertz CT molecular complexity index is 490. The summed E-state index contributed by atoms with van der Waals surface area (Å²) in [6, 6.07) is 0.795. The lowest BCUT2D eigenvalue weighted by molar-refractivity contribution is -0.137. The van der Waals surface area contributed by atoms with Gasteiger partial charge in [-0.25, -0.2) is 0 Å². The van der Waals surface area contributed by atoms with Crippen molar-refractivity contribution in [1.29, 1.82) is 0 Å². The van der Waals surface area contributed by atoms with Gasteiger partial charge in [-0.15, -0.1) is 0 Å². The maximum atomic E-state index is 12.5. The highest BCUT2D eigenvalue weighted by Gasteiger charge is 2.32. The predicted octanol–water partition coefficient (Wildman–Crippen LogP) is 1.96. The van der Waals surface area contributed by atoms with E-state index in [4.69, 9.17) is 5.73 Å². The number of carbonyl (C=O) groups is 1. The number of nitrogens with two attached hydrogens (primary N) is 1. The number of hydrogen-bond donors (Lipinski definition) is 2. The number of aromatic nitrogens is 1. The van der Waals surface area contributed by atoms with Crippen LogP contribution in [0.3, 0.4) is 0 Å². The summed E-state index contributed by atoms with van der Waals surface area (Å²) in [5.41, 5.74) is 4.56. The minimum Gasteiger partial charge on any atom is -0.349 e. The molecule has 3 N–H and O–H groups in total. The van der Waals surface area contributed by atoms with Crippen LogP contribution in [0.1, 0.15) is 35.2 Å². The monoisotopic (exact) mass is 287 g/mol. The SMILES string of the molecule is NCC1CCC(NC(=O)c2cncc(C(F)(F)F)c2)C1. The van der Waals surface area contributed by atoms with E-state index in [9.17, 15) is 18.0 Å². The number of halogens is 3. The van der Waals surface area contributed by atoms with Crippen LogP contribution in [0.4, 0.5) is 13.2 Å². The summed E-state index contributed by atoms with van der Waals surface area (Å²) < 4.78 is 37.6. The van der Waals surface area contributed by atoms with E-state index in [1.165, 1.54) is 0 Å². The van der Waals surface area contributed by atoms with Gasteiger partial charge < -0.3 is 11.1 Å². The fourth-order valence-corrected chi connectivity index (χ4v) is 2.41. The molecule has 1 aromatic rings. The van der Waals surface area contributed by atoms with Crippen molar-refractivity contribution in [2.75, 3.05) is 6.54 Å². The molecule has 2 unspecified atom stereocenters. The zero-order valence-corrected chi connectivity index (χ0v) is 10.8. The second-order valence-corrected chi connectivity index (χ2v) is 5.05. The molecule has 0 bridgehead atoms. The van der Waals surface area contributed by atoms with Crippen molar-refractivity contribution in [2.24, 2.45) is 11.7 Å². The standard InChI is InChI=1S/C13H16F3N3O/c14-13(15,16)10-4-9(6-18-7-10)12(20)19-11-2-1-8(3-11)5-17/h4,6-8,11H,1-3,5,17H2,(H,19,20). The number of amides is 1. The van der Waals surface area contributed by atoms with Gasteiger partial charge in [-0.1, -0.05) is 0 Å². The van der Waals surface area contributed by atoms with Crippen molar-refractivity contribution >= 4 is 5.91 Å². The first-order valence-electron chi connectivity index (χ1n) is 6.43. The Morgan fingerprint density at radius 2 is 2.15 bits per heavy atom. The van der Waals surface area contributed by atoms with Crippen LogP contribution >= 0.6 is 0 Å². The smallest absolute Gasteiger partial charge is 0.349 e. The van der Waals surface area contributed by atoms with E-state index in [1.54, 1.807) is 0 Å². The van der Waals surface area contributed by atoms with Crippen molar-refractivity contribution in [3.8, 4) is 0 Å². The molecule has 1 aliphatic carbocycles. The fraction of sp³-hybridized carbons (Fsp3) is 0.538. The third kappa shape index (κ3) is 3.47. The largest absolute Gasteiger partial charge is 0.417 e. The van der Waals surface area contributed by atoms with E-state index in [0.29, 0.717) is 18.7 Å². The van der Waals surface area contributed by atoms with Crippen LogP contribution in [0, 0.1) is 5.92 Å². The van der Waals surface area contributed by atoms with Gasteiger partial charge in [-0.3, -0.25) is 9.78 Å². The van der Waals surface area contributed by atoms with Gasteiger partial charge in [0, 0.05) is 18.4 Å². The first-order valence-corrected chi connectivity index (χ1v) is 6.43. The fourth-order valence-electron chi connectivity index (χ4n) is 2.41. The zero-order valence-electron chi connectivity index (χ0n) is 10.8. The average molecular weight is 287 g/mol. The van der Waals surface area contributed by atoms with Gasteiger partial charge in [-0.05, 0) is 37.8 Å². The Labute approximate surface area is 114 Å². The first kappa shape index (κ1) is 14.8. The van der Waals surface area contributed by atoms with Crippen LogP contribution in [0.5, 0.6) is 0 Å². The van der Waals surface area contributed by atoms with E-state index >= 15 is 0 Å². The maximum Gasteiger partial charge on any atom is 0.417 e. The molecule has 2 rings (SSSR count). The van der Waals surface area contributed by atoms with Crippen LogP contribution in [-0.4, -0.2) is 23.5 Å². The minimum absolute atomic E-state index is 0.0226. The topological polar surface area (TPSA) is 68.0 Å². The Hall–Kier alpha value is -1.63. The molecule has 0 aromatic carbocycles. The zero-order chi connectivity index (χ0) is 14.8. The van der Waals surface area contributed by atoms with Crippen LogP contribution in [0.25, 0.3) is 0 Å². The van der Waals surface area contributed by atoms with Crippen molar-refractivity contribution < 1.29 is 18.0 Å². The second-order valence-electron chi connectivity index (χ2n) is 5.05. The number of carbonyl (C=O) groups excluding carboxylic acids is 1. The Morgan fingerprint density at radius 3 is 2.75 bits per heavy atom. The quantitative estimate of drug-likeness (QED) is 0.893. The molecule has 1 fully saturated rings. The van der Waals surface area contributed by atoms with Crippen molar-refractivity contribution in [1.82, 2.24) is 10.3 Å². The molecule has 1 aliphatic rings. The Kier molecular flexibility index (Phi) is 4.27.